The monoisotopic (exact) mass is 290 g/mol. The van der Waals surface area contributed by atoms with Crippen molar-refractivity contribution in [3.63, 3.8) is 0 Å². The zero-order chi connectivity index (χ0) is 15.4. The molecule has 6 nitrogen and oxygen atoms in total. The molecule has 0 amide bonds. The van der Waals surface area contributed by atoms with Gasteiger partial charge in [0, 0.05) is 32.3 Å². The Hall–Kier alpha value is -1.69. The maximum absolute atomic E-state index is 4.51. The summed E-state index contributed by atoms with van der Waals surface area (Å²) in [6.07, 6.45) is 4.59. The molecule has 2 aromatic heterocycles. The second-order valence-electron chi connectivity index (χ2n) is 5.63. The summed E-state index contributed by atoms with van der Waals surface area (Å²) in [4.78, 5) is 4.35. The van der Waals surface area contributed by atoms with E-state index < -0.39 is 0 Å². The van der Waals surface area contributed by atoms with Gasteiger partial charge < -0.3 is 5.32 Å². The molecule has 2 rings (SSSR count). The summed E-state index contributed by atoms with van der Waals surface area (Å²) in [7, 11) is 3.95. The largest absolute Gasteiger partial charge is 0.313 e. The summed E-state index contributed by atoms with van der Waals surface area (Å²) < 4.78 is 3.81. The molecule has 1 N–H and O–H groups in total. The van der Waals surface area contributed by atoms with Gasteiger partial charge in [-0.3, -0.25) is 9.36 Å². The van der Waals surface area contributed by atoms with Crippen LogP contribution in [-0.4, -0.2) is 37.1 Å². The smallest absolute Gasteiger partial charge is 0.138 e. The SMILES string of the molecule is CCCNC(Cc1c(C)nn(C)c1C)Cc1ncnn1C. The van der Waals surface area contributed by atoms with Crippen LogP contribution in [0.3, 0.4) is 0 Å². The average molecular weight is 290 g/mol. The van der Waals surface area contributed by atoms with Gasteiger partial charge in [0.2, 0.25) is 0 Å². The van der Waals surface area contributed by atoms with E-state index >= 15 is 0 Å². The van der Waals surface area contributed by atoms with Gasteiger partial charge in [0.25, 0.3) is 0 Å². The number of hydrogen-bond acceptors (Lipinski definition) is 4. The first kappa shape index (κ1) is 15.7. The van der Waals surface area contributed by atoms with Crippen LogP contribution in [0.4, 0.5) is 0 Å². The van der Waals surface area contributed by atoms with E-state index in [1.165, 1.54) is 11.3 Å². The van der Waals surface area contributed by atoms with Gasteiger partial charge in [-0.1, -0.05) is 6.92 Å². The molecule has 116 valence electrons. The molecule has 6 heteroatoms. The van der Waals surface area contributed by atoms with Gasteiger partial charge in [0.15, 0.2) is 0 Å². The summed E-state index contributed by atoms with van der Waals surface area (Å²) in [6.45, 7) is 7.42. The Morgan fingerprint density at radius 1 is 1.19 bits per heavy atom. The van der Waals surface area contributed by atoms with Gasteiger partial charge in [-0.25, -0.2) is 4.98 Å². The maximum Gasteiger partial charge on any atom is 0.138 e. The van der Waals surface area contributed by atoms with Crippen LogP contribution in [0.1, 0.15) is 36.1 Å². The first-order valence-electron chi connectivity index (χ1n) is 7.58. The Kier molecular flexibility index (Phi) is 5.12. The Morgan fingerprint density at radius 2 is 1.95 bits per heavy atom. The number of nitrogens with one attached hydrogen (secondary N) is 1. The van der Waals surface area contributed by atoms with Crippen molar-refractivity contribution in [2.45, 2.75) is 46.1 Å². The van der Waals surface area contributed by atoms with Crippen molar-refractivity contribution in [1.29, 1.82) is 0 Å². The highest BCUT2D eigenvalue weighted by Crippen LogP contribution is 2.15. The zero-order valence-corrected chi connectivity index (χ0v) is 13.7. The third-order valence-electron chi connectivity index (χ3n) is 4.03. The van der Waals surface area contributed by atoms with E-state index in [9.17, 15) is 0 Å². The lowest BCUT2D eigenvalue weighted by molar-refractivity contribution is 0.484. The van der Waals surface area contributed by atoms with Gasteiger partial charge in [-0.05, 0) is 38.8 Å². The van der Waals surface area contributed by atoms with Crippen molar-refractivity contribution in [2.75, 3.05) is 6.54 Å². The minimum Gasteiger partial charge on any atom is -0.313 e. The molecule has 0 spiro atoms. The van der Waals surface area contributed by atoms with Crippen molar-refractivity contribution >= 4 is 0 Å². The lowest BCUT2D eigenvalue weighted by Gasteiger charge is -2.18. The second-order valence-corrected chi connectivity index (χ2v) is 5.63. The molecule has 0 aromatic carbocycles. The Labute approximate surface area is 126 Å². The highest BCUT2D eigenvalue weighted by atomic mass is 15.3. The number of aromatic nitrogens is 5. The first-order chi connectivity index (χ1) is 10.0. The van der Waals surface area contributed by atoms with Gasteiger partial charge in [-0.15, -0.1) is 0 Å². The maximum atomic E-state index is 4.51. The molecular formula is C15H26N6. The standard InChI is InChI=1S/C15H26N6/c1-6-7-16-13(9-15-17-10-18-21(15)5)8-14-11(2)19-20(4)12(14)3/h10,13,16H,6-9H2,1-5H3. The fraction of sp³-hybridized carbons (Fsp3) is 0.667. The Balaban J connectivity index is 2.14. The van der Waals surface area contributed by atoms with E-state index in [4.69, 9.17) is 0 Å². The molecule has 0 bridgehead atoms. The Morgan fingerprint density at radius 3 is 2.48 bits per heavy atom. The van der Waals surface area contributed by atoms with Crippen LogP contribution in [0, 0.1) is 13.8 Å². The lowest BCUT2D eigenvalue weighted by atomic mass is 10.0. The minimum absolute atomic E-state index is 0.356. The predicted molar refractivity (Wildman–Crippen MR) is 83.2 cm³/mol. The van der Waals surface area contributed by atoms with Crippen LogP contribution in [-0.2, 0) is 26.9 Å². The topological polar surface area (TPSA) is 60.6 Å². The molecule has 0 saturated heterocycles. The van der Waals surface area contributed by atoms with Crippen LogP contribution < -0.4 is 5.32 Å². The molecule has 2 aromatic rings. The van der Waals surface area contributed by atoms with Gasteiger partial charge in [0.1, 0.15) is 12.2 Å². The van der Waals surface area contributed by atoms with Crippen molar-refractivity contribution in [3.8, 4) is 0 Å². The van der Waals surface area contributed by atoms with Gasteiger partial charge in [0.05, 0.1) is 5.69 Å². The van der Waals surface area contributed by atoms with Gasteiger partial charge >= 0.3 is 0 Å². The molecular weight excluding hydrogens is 264 g/mol. The van der Waals surface area contributed by atoms with E-state index in [1.54, 1.807) is 6.33 Å². The highest BCUT2D eigenvalue weighted by Gasteiger charge is 2.17. The van der Waals surface area contributed by atoms with E-state index in [0.29, 0.717) is 6.04 Å². The summed E-state index contributed by atoms with van der Waals surface area (Å²) in [5, 5.41) is 12.3. The van der Waals surface area contributed by atoms with Crippen LogP contribution in [0.2, 0.25) is 0 Å². The fourth-order valence-corrected chi connectivity index (χ4v) is 2.65. The molecule has 0 aliphatic rings. The van der Waals surface area contributed by atoms with Crippen molar-refractivity contribution < 1.29 is 0 Å². The molecule has 1 atom stereocenters. The highest BCUT2D eigenvalue weighted by molar-refractivity contribution is 5.25. The van der Waals surface area contributed by atoms with Crippen LogP contribution in [0.25, 0.3) is 0 Å². The number of hydrogen-bond donors (Lipinski definition) is 1. The summed E-state index contributed by atoms with van der Waals surface area (Å²) in [5.74, 6) is 1.02. The fourth-order valence-electron chi connectivity index (χ4n) is 2.65. The summed E-state index contributed by atoms with van der Waals surface area (Å²) >= 11 is 0. The molecule has 0 fully saturated rings. The van der Waals surface area contributed by atoms with E-state index in [2.05, 4.69) is 41.3 Å². The zero-order valence-electron chi connectivity index (χ0n) is 13.7. The molecule has 0 radical (unpaired) electrons. The first-order valence-corrected chi connectivity index (χ1v) is 7.58. The van der Waals surface area contributed by atoms with Gasteiger partial charge in [-0.2, -0.15) is 10.2 Å². The predicted octanol–water partition coefficient (Wildman–Crippen LogP) is 1.32. The number of nitrogens with zero attached hydrogens (tertiary/aromatic N) is 5. The number of rotatable bonds is 7. The molecule has 0 aliphatic carbocycles. The Bertz CT molecular complexity index is 583. The molecule has 0 saturated carbocycles. The van der Waals surface area contributed by atoms with Crippen LogP contribution in [0.15, 0.2) is 6.33 Å². The van der Waals surface area contributed by atoms with E-state index in [-0.39, 0.29) is 0 Å². The molecule has 1 unspecified atom stereocenters. The van der Waals surface area contributed by atoms with E-state index in [0.717, 1.165) is 37.3 Å². The molecule has 21 heavy (non-hydrogen) atoms. The third kappa shape index (κ3) is 3.69. The third-order valence-corrected chi connectivity index (χ3v) is 4.03. The quantitative estimate of drug-likeness (QED) is 0.835. The summed E-state index contributed by atoms with van der Waals surface area (Å²) in [6, 6.07) is 0.356. The second kappa shape index (κ2) is 6.85. The van der Waals surface area contributed by atoms with Crippen molar-refractivity contribution in [2.24, 2.45) is 14.1 Å². The van der Waals surface area contributed by atoms with E-state index in [1.807, 2.05) is 23.5 Å². The van der Waals surface area contributed by atoms with Crippen molar-refractivity contribution in [1.82, 2.24) is 29.9 Å². The molecule has 0 aliphatic heterocycles. The normalized spacial score (nSPS) is 12.8. The van der Waals surface area contributed by atoms with Crippen LogP contribution >= 0.6 is 0 Å². The average Bonchev–Trinajstić information content (AvgIpc) is 2.95. The lowest BCUT2D eigenvalue weighted by Crippen LogP contribution is -2.35. The summed E-state index contributed by atoms with van der Waals surface area (Å²) in [5.41, 5.74) is 3.71. The van der Waals surface area contributed by atoms with Crippen LogP contribution in [0.5, 0.6) is 0 Å². The number of aryl methyl sites for hydroxylation is 3. The minimum atomic E-state index is 0.356. The molecule has 2 heterocycles. The van der Waals surface area contributed by atoms with Crippen molar-refractivity contribution in [3.05, 3.63) is 29.1 Å².